The van der Waals surface area contributed by atoms with Gasteiger partial charge >= 0.3 is 0 Å². The number of benzene rings is 3. The molecule has 1 aromatic heterocycles. The van der Waals surface area contributed by atoms with Crippen LogP contribution in [0.3, 0.4) is 0 Å². The van der Waals surface area contributed by atoms with Gasteiger partial charge in [0, 0.05) is 17.4 Å². The number of hydrogen-bond acceptors (Lipinski definition) is 2. The first-order chi connectivity index (χ1) is 13.2. The van der Waals surface area contributed by atoms with Gasteiger partial charge < -0.3 is 4.57 Å². The smallest absolute Gasteiger partial charge is 0.271 e. The fourth-order valence-corrected chi connectivity index (χ4v) is 2.88. The molecule has 0 aliphatic carbocycles. The number of hydrogen-bond donors (Lipinski definition) is 1. The fourth-order valence-electron chi connectivity index (χ4n) is 2.88. The molecular weight excluding hydrogens is 341 g/mol. The van der Waals surface area contributed by atoms with Crippen LogP contribution in [-0.4, -0.2) is 16.7 Å². The van der Waals surface area contributed by atoms with Crippen LogP contribution in [0.25, 0.3) is 16.5 Å². The minimum Gasteiger partial charge on any atom is -0.316 e. The van der Waals surface area contributed by atoms with E-state index in [4.69, 9.17) is 0 Å². The molecule has 1 heterocycles. The number of amides is 1. The molecule has 4 nitrogen and oxygen atoms in total. The highest BCUT2D eigenvalue weighted by Crippen LogP contribution is 2.19. The van der Waals surface area contributed by atoms with Gasteiger partial charge in [0.1, 0.15) is 5.82 Å². The molecule has 0 aliphatic rings. The zero-order chi connectivity index (χ0) is 18.6. The van der Waals surface area contributed by atoms with E-state index in [1.165, 1.54) is 29.7 Å². The Morgan fingerprint density at radius 3 is 2.52 bits per heavy atom. The van der Waals surface area contributed by atoms with Crippen LogP contribution in [-0.2, 0) is 0 Å². The van der Waals surface area contributed by atoms with Crippen molar-refractivity contribution < 1.29 is 9.18 Å². The number of fused-ring (bicyclic) bond motifs is 1. The highest BCUT2D eigenvalue weighted by Gasteiger charge is 2.05. The minimum absolute atomic E-state index is 0.346. The Kier molecular flexibility index (Phi) is 4.49. The number of rotatable bonds is 4. The summed E-state index contributed by atoms with van der Waals surface area (Å²) in [7, 11) is 0. The third kappa shape index (κ3) is 3.62. The van der Waals surface area contributed by atoms with Gasteiger partial charge in [0.25, 0.3) is 5.91 Å². The molecule has 27 heavy (non-hydrogen) atoms. The second-order valence-corrected chi connectivity index (χ2v) is 6.04. The lowest BCUT2D eigenvalue weighted by molar-refractivity contribution is 0.0955. The lowest BCUT2D eigenvalue weighted by Gasteiger charge is -2.08. The summed E-state index contributed by atoms with van der Waals surface area (Å²) < 4.78 is 14.9. The molecule has 3 aromatic carbocycles. The summed E-state index contributed by atoms with van der Waals surface area (Å²) in [6, 6.07) is 23.5. The summed E-state index contributed by atoms with van der Waals surface area (Å²) in [4.78, 5) is 12.0. The number of aromatic nitrogens is 1. The van der Waals surface area contributed by atoms with E-state index in [2.05, 4.69) is 34.8 Å². The van der Waals surface area contributed by atoms with Crippen LogP contribution in [0.2, 0.25) is 0 Å². The van der Waals surface area contributed by atoms with Crippen molar-refractivity contribution in [2.75, 3.05) is 0 Å². The van der Waals surface area contributed by atoms with Gasteiger partial charge in [0.2, 0.25) is 0 Å². The van der Waals surface area contributed by atoms with Gasteiger partial charge in [0.15, 0.2) is 0 Å². The van der Waals surface area contributed by atoms with Crippen molar-refractivity contribution in [2.45, 2.75) is 0 Å². The van der Waals surface area contributed by atoms with E-state index in [1.54, 1.807) is 6.21 Å². The summed E-state index contributed by atoms with van der Waals surface area (Å²) in [5, 5.41) is 6.35. The molecule has 132 valence electrons. The molecule has 5 heteroatoms. The Hall–Kier alpha value is -3.73. The summed E-state index contributed by atoms with van der Waals surface area (Å²) in [5.41, 5.74) is 4.63. The maximum absolute atomic E-state index is 12.9. The number of halogens is 1. The highest BCUT2D eigenvalue weighted by atomic mass is 19.1. The predicted octanol–water partition coefficient (Wildman–Crippen LogP) is 4.53. The van der Waals surface area contributed by atoms with Gasteiger partial charge in [-0.2, -0.15) is 5.10 Å². The highest BCUT2D eigenvalue weighted by molar-refractivity contribution is 5.94. The van der Waals surface area contributed by atoms with E-state index in [9.17, 15) is 9.18 Å². The van der Waals surface area contributed by atoms with Crippen LogP contribution in [0, 0.1) is 5.82 Å². The first kappa shape index (κ1) is 16.7. The van der Waals surface area contributed by atoms with Gasteiger partial charge in [-0.05, 0) is 59.3 Å². The standard InChI is InChI=1S/C22H16FN3O/c23-19-10-7-17(8-11-19)22(27)25-24-15-21-6-3-13-26(21)20-12-9-16-4-1-2-5-18(16)14-20/h1-15H,(H,25,27)/b24-15+. The molecule has 4 rings (SSSR count). The van der Waals surface area contributed by atoms with Crippen LogP contribution in [0.1, 0.15) is 16.1 Å². The lowest BCUT2D eigenvalue weighted by atomic mass is 10.1. The summed E-state index contributed by atoms with van der Waals surface area (Å²) in [6.45, 7) is 0. The molecule has 1 N–H and O–H groups in total. The Balaban J connectivity index is 1.53. The SMILES string of the molecule is O=C(N/N=C/c1cccn1-c1ccc2ccccc2c1)c1ccc(F)cc1. The molecule has 0 unspecified atom stereocenters. The average Bonchev–Trinajstić information content (AvgIpc) is 3.16. The third-order valence-corrected chi connectivity index (χ3v) is 4.26. The summed E-state index contributed by atoms with van der Waals surface area (Å²) >= 11 is 0. The Morgan fingerprint density at radius 2 is 1.70 bits per heavy atom. The van der Waals surface area contributed by atoms with Crippen LogP contribution in [0.15, 0.2) is 90.2 Å². The normalized spacial score (nSPS) is 11.1. The Morgan fingerprint density at radius 1 is 0.926 bits per heavy atom. The molecule has 0 bridgehead atoms. The second-order valence-electron chi connectivity index (χ2n) is 6.04. The number of carbonyl (C=O) groups is 1. The van der Waals surface area contributed by atoms with E-state index in [0.29, 0.717) is 5.56 Å². The number of nitrogens with zero attached hydrogens (tertiary/aromatic N) is 2. The number of carbonyl (C=O) groups excluding carboxylic acids is 1. The van der Waals surface area contributed by atoms with Crippen LogP contribution < -0.4 is 5.43 Å². The molecule has 4 aromatic rings. The maximum atomic E-state index is 12.9. The molecule has 0 saturated carbocycles. The zero-order valence-corrected chi connectivity index (χ0v) is 14.3. The van der Waals surface area contributed by atoms with E-state index < -0.39 is 5.91 Å². The van der Waals surface area contributed by atoms with E-state index >= 15 is 0 Å². The van der Waals surface area contributed by atoms with Gasteiger partial charge in [-0.3, -0.25) is 4.79 Å². The van der Waals surface area contributed by atoms with E-state index in [1.807, 2.05) is 41.1 Å². The van der Waals surface area contributed by atoms with E-state index in [-0.39, 0.29) is 5.82 Å². The van der Waals surface area contributed by atoms with Crippen LogP contribution in [0.5, 0.6) is 0 Å². The quantitative estimate of drug-likeness (QED) is 0.423. The van der Waals surface area contributed by atoms with Gasteiger partial charge in [-0.1, -0.05) is 30.3 Å². The first-order valence-corrected chi connectivity index (χ1v) is 8.46. The molecule has 0 saturated heterocycles. The summed E-state index contributed by atoms with van der Waals surface area (Å²) in [5.74, 6) is -0.779. The monoisotopic (exact) mass is 357 g/mol. The molecular formula is C22H16FN3O. The van der Waals surface area contributed by atoms with Crippen molar-refractivity contribution in [1.29, 1.82) is 0 Å². The van der Waals surface area contributed by atoms with Crippen LogP contribution >= 0.6 is 0 Å². The summed E-state index contributed by atoms with van der Waals surface area (Å²) in [6.07, 6.45) is 3.52. The predicted molar refractivity (Wildman–Crippen MR) is 105 cm³/mol. The molecule has 0 spiro atoms. The van der Waals surface area contributed by atoms with Crippen molar-refractivity contribution in [3.05, 3.63) is 102 Å². The zero-order valence-electron chi connectivity index (χ0n) is 14.3. The van der Waals surface area contributed by atoms with Crippen LogP contribution in [0.4, 0.5) is 4.39 Å². The van der Waals surface area contributed by atoms with Crippen molar-refractivity contribution in [1.82, 2.24) is 9.99 Å². The number of hydrazone groups is 1. The minimum atomic E-state index is -0.393. The first-order valence-electron chi connectivity index (χ1n) is 8.46. The molecule has 1 amide bonds. The van der Waals surface area contributed by atoms with Crippen molar-refractivity contribution >= 4 is 22.9 Å². The topological polar surface area (TPSA) is 46.4 Å². The van der Waals surface area contributed by atoms with E-state index in [0.717, 1.165) is 16.8 Å². The molecule has 0 radical (unpaired) electrons. The largest absolute Gasteiger partial charge is 0.316 e. The Bertz CT molecular complexity index is 1130. The van der Waals surface area contributed by atoms with Crippen molar-refractivity contribution in [3.63, 3.8) is 0 Å². The maximum Gasteiger partial charge on any atom is 0.271 e. The molecule has 0 fully saturated rings. The second kappa shape index (κ2) is 7.25. The lowest BCUT2D eigenvalue weighted by Crippen LogP contribution is -2.17. The Labute approximate surface area is 155 Å². The number of nitrogens with one attached hydrogen (secondary N) is 1. The molecule has 0 aliphatic heterocycles. The van der Waals surface area contributed by atoms with Gasteiger partial charge in [-0.25, -0.2) is 9.82 Å². The van der Waals surface area contributed by atoms with Gasteiger partial charge in [-0.15, -0.1) is 0 Å². The average molecular weight is 357 g/mol. The van der Waals surface area contributed by atoms with Crippen molar-refractivity contribution in [3.8, 4) is 5.69 Å². The van der Waals surface area contributed by atoms with Crippen molar-refractivity contribution in [2.24, 2.45) is 5.10 Å². The third-order valence-electron chi connectivity index (χ3n) is 4.26. The fraction of sp³-hybridized carbons (Fsp3) is 0. The van der Waals surface area contributed by atoms with Gasteiger partial charge in [0.05, 0.1) is 11.9 Å². The molecule has 0 atom stereocenters.